The maximum absolute atomic E-state index is 13.1. The summed E-state index contributed by atoms with van der Waals surface area (Å²) in [5.41, 5.74) is 0.980. The minimum atomic E-state index is -3.55. The van der Waals surface area contributed by atoms with Crippen LogP contribution in [-0.4, -0.2) is 35.8 Å². The molecule has 7 heteroatoms. The van der Waals surface area contributed by atoms with Crippen LogP contribution in [0.4, 0.5) is 4.39 Å². The van der Waals surface area contributed by atoms with Gasteiger partial charge in [-0.15, -0.1) is 0 Å². The molecule has 0 bridgehead atoms. The zero-order valence-electron chi connectivity index (χ0n) is 12.1. The van der Waals surface area contributed by atoms with Gasteiger partial charge in [-0.25, -0.2) is 17.8 Å². The van der Waals surface area contributed by atoms with Crippen molar-refractivity contribution in [2.45, 2.75) is 30.2 Å². The minimum absolute atomic E-state index is 0.0841. The van der Waals surface area contributed by atoms with E-state index in [0.717, 1.165) is 24.8 Å². The highest BCUT2D eigenvalue weighted by atomic mass is 32.2. The number of aromatic amines is 1. The molecule has 1 fully saturated rings. The number of sulfonamides is 1. The van der Waals surface area contributed by atoms with Crippen LogP contribution in [0.3, 0.4) is 0 Å². The highest BCUT2D eigenvalue weighted by molar-refractivity contribution is 7.89. The van der Waals surface area contributed by atoms with Crippen LogP contribution in [0.25, 0.3) is 0 Å². The molecule has 0 radical (unpaired) electrons. The van der Waals surface area contributed by atoms with Gasteiger partial charge in [-0.1, -0.05) is 18.6 Å². The molecule has 22 heavy (non-hydrogen) atoms. The third-order valence-corrected chi connectivity index (χ3v) is 5.86. The molecule has 1 aliphatic heterocycles. The molecule has 1 aromatic carbocycles. The summed E-state index contributed by atoms with van der Waals surface area (Å²) in [6.45, 7) is 0.909. The largest absolute Gasteiger partial charge is 0.335 e. The number of imidazole rings is 1. The predicted molar refractivity (Wildman–Crippen MR) is 80.3 cm³/mol. The molecular weight excluding hydrogens is 305 g/mol. The predicted octanol–water partition coefficient (Wildman–Crippen LogP) is 2.51. The van der Waals surface area contributed by atoms with E-state index < -0.39 is 10.0 Å². The molecule has 118 valence electrons. The van der Waals surface area contributed by atoms with Gasteiger partial charge in [0.25, 0.3) is 10.0 Å². The first-order valence-electron chi connectivity index (χ1n) is 7.31. The molecule has 0 amide bonds. The van der Waals surface area contributed by atoms with Crippen molar-refractivity contribution in [3.63, 3.8) is 0 Å². The highest BCUT2D eigenvalue weighted by Crippen LogP contribution is 2.29. The van der Waals surface area contributed by atoms with E-state index in [0.29, 0.717) is 13.1 Å². The zero-order chi connectivity index (χ0) is 15.6. The van der Waals surface area contributed by atoms with Crippen molar-refractivity contribution in [3.05, 3.63) is 48.2 Å². The second-order valence-electron chi connectivity index (χ2n) is 5.52. The summed E-state index contributed by atoms with van der Waals surface area (Å²) < 4.78 is 39.8. The Morgan fingerprint density at radius 3 is 2.68 bits per heavy atom. The van der Waals surface area contributed by atoms with Crippen molar-refractivity contribution in [1.82, 2.24) is 14.3 Å². The number of nitrogens with one attached hydrogen (secondary N) is 1. The Labute approximate surface area is 129 Å². The van der Waals surface area contributed by atoms with Gasteiger partial charge in [0.1, 0.15) is 5.82 Å². The van der Waals surface area contributed by atoms with E-state index >= 15 is 0 Å². The first-order valence-corrected chi connectivity index (χ1v) is 8.75. The topological polar surface area (TPSA) is 66.1 Å². The standard InChI is InChI=1S/C15H18FN3O2S/c16-14-6-4-12(5-7-14)13-3-1-2-8-19(10-13)22(20,21)15-9-17-11-18-15/h4-7,9,11,13H,1-3,8,10H2,(H,17,18). The van der Waals surface area contributed by atoms with Crippen molar-refractivity contribution >= 4 is 10.0 Å². The monoisotopic (exact) mass is 323 g/mol. The number of H-pyrrole nitrogens is 1. The Morgan fingerprint density at radius 2 is 2.00 bits per heavy atom. The van der Waals surface area contributed by atoms with E-state index in [2.05, 4.69) is 9.97 Å². The van der Waals surface area contributed by atoms with Gasteiger partial charge in [-0.05, 0) is 36.5 Å². The summed E-state index contributed by atoms with van der Waals surface area (Å²) in [5.74, 6) is -0.194. The third kappa shape index (κ3) is 3.05. The van der Waals surface area contributed by atoms with Crippen molar-refractivity contribution in [1.29, 1.82) is 0 Å². The zero-order valence-corrected chi connectivity index (χ0v) is 12.9. The molecule has 2 heterocycles. The van der Waals surface area contributed by atoms with Crippen LogP contribution in [0.5, 0.6) is 0 Å². The molecule has 5 nitrogen and oxygen atoms in total. The lowest BCUT2D eigenvalue weighted by Crippen LogP contribution is -2.34. The Hall–Kier alpha value is -1.73. The molecule has 3 rings (SSSR count). The molecule has 0 saturated carbocycles. The lowest BCUT2D eigenvalue weighted by Gasteiger charge is -2.23. The van der Waals surface area contributed by atoms with Gasteiger partial charge < -0.3 is 4.98 Å². The lowest BCUT2D eigenvalue weighted by atomic mass is 9.95. The van der Waals surface area contributed by atoms with E-state index in [9.17, 15) is 12.8 Å². The average Bonchev–Trinajstić information content (AvgIpc) is 2.94. The summed E-state index contributed by atoms with van der Waals surface area (Å²) in [5, 5.41) is 0.118. The molecule has 0 aliphatic carbocycles. The van der Waals surface area contributed by atoms with E-state index in [4.69, 9.17) is 0 Å². The van der Waals surface area contributed by atoms with E-state index in [1.165, 1.54) is 29.0 Å². The molecule has 0 spiro atoms. The summed E-state index contributed by atoms with van der Waals surface area (Å²) >= 11 is 0. The van der Waals surface area contributed by atoms with Gasteiger partial charge in [0.05, 0.1) is 12.5 Å². The number of benzene rings is 1. The number of hydrogen-bond donors (Lipinski definition) is 1. The molecule has 1 unspecified atom stereocenters. The summed E-state index contributed by atoms with van der Waals surface area (Å²) in [6, 6.07) is 6.33. The number of aromatic nitrogens is 2. The molecule has 1 aliphatic rings. The van der Waals surface area contributed by atoms with Crippen LogP contribution in [0.2, 0.25) is 0 Å². The van der Waals surface area contributed by atoms with Gasteiger partial charge in [-0.3, -0.25) is 0 Å². The second-order valence-corrected chi connectivity index (χ2v) is 7.43. The quantitative estimate of drug-likeness (QED) is 0.944. The normalized spacial score (nSPS) is 20.7. The van der Waals surface area contributed by atoms with Crippen LogP contribution < -0.4 is 0 Å². The van der Waals surface area contributed by atoms with Crippen LogP contribution in [-0.2, 0) is 10.0 Å². The minimum Gasteiger partial charge on any atom is -0.335 e. The summed E-state index contributed by atoms with van der Waals surface area (Å²) in [6.07, 6.45) is 5.37. The second kappa shape index (κ2) is 6.18. The van der Waals surface area contributed by atoms with Crippen LogP contribution in [0.1, 0.15) is 30.7 Å². The molecule has 1 N–H and O–H groups in total. The van der Waals surface area contributed by atoms with Crippen LogP contribution in [0.15, 0.2) is 41.8 Å². The summed E-state index contributed by atoms with van der Waals surface area (Å²) in [7, 11) is -3.55. The molecular formula is C15H18FN3O2S. The first kappa shape index (κ1) is 15.2. The van der Waals surface area contributed by atoms with E-state index in [1.807, 2.05) is 0 Å². The SMILES string of the molecule is O=S(=O)(c1cnc[nH]1)N1CCCCC(c2ccc(F)cc2)C1. The number of nitrogens with zero attached hydrogens (tertiary/aromatic N) is 2. The smallest absolute Gasteiger partial charge is 0.260 e. The van der Waals surface area contributed by atoms with E-state index in [1.54, 1.807) is 12.1 Å². The molecule has 1 atom stereocenters. The average molecular weight is 323 g/mol. The number of halogens is 1. The van der Waals surface area contributed by atoms with Gasteiger partial charge in [0, 0.05) is 13.1 Å². The Morgan fingerprint density at radius 1 is 1.23 bits per heavy atom. The highest BCUT2D eigenvalue weighted by Gasteiger charge is 2.30. The van der Waals surface area contributed by atoms with Gasteiger partial charge >= 0.3 is 0 Å². The summed E-state index contributed by atoms with van der Waals surface area (Å²) in [4.78, 5) is 6.46. The van der Waals surface area contributed by atoms with Crippen LogP contribution in [0, 0.1) is 5.82 Å². The number of rotatable bonds is 3. The van der Waals surface area contributed by atoms with Gasteiger partial charge in [0.15, 0.2) is 5.03 Å². The molecule has 1 aromatic heterocycles. The Bertz CT molecular complexity index is 714. The maximum atomic E-state index is 13.1. The molecule has 2 aromatic rings. The van der Waals surface area contributed by atoms with Crippen molar-refractivity contribution in [2.24, 2.45) is 0 Å². The Balaban J connectivity index is 1.85. The van der Waals surface area contributed by atoms with Crippen molar-refractivity contribution < 1.29 is 12.8 Å². The van der Waals surface area contributed by atoms with E-state index in [-0.39, 0.29) is 16.8 Å². The van der Waals surface area contributed by atoms with Crippen molar-refractivity contribution in [3.8, 4) is 0 Å². The fourth-order valence-electron chi connectivity index (χ4n) is 2.86. The number of hydrogen-bond acceptors (Lipinski definition) is 3. The van der Waals surface area contributed by atoms with Crippen LogP contribution >= 0.6 is 0 Å². The fraction of sp³-hybridized carbons (Fsp3) is 0.400. The van der Waals surface area contributed by atoms with Crippen molar-refractivity contribution in [2.75, 3.05) is 13.1 Å². The first-order chi connectivity index (χ1) is 10.6. The van der Waals surface area contributed by atoms with Gasteiger partial charge in [-0.2, -0.15) is 4.31 Å². The van der Waals surface area contributed by atoms with Gasteiger partial charge in [0.2, 0.25) is 0 Å². The fourth-order valence-corrected chi connectivity index (χ4v) is 4.28. The Kier molecular flexibility index (Phi) is 4.26. The molecule has 1 saturated heterocycles. The third-order valence-electron chi connectivity index (χ3n) is 4.07. The maximum Gasteiger partial charge on any atom is 0.260 e. The lowest BCUT2D eigenvalue weighted by molar-refractivity contribution is 0.404.